The Morgan fingerprint density at radius 3 is 2.48 bits per heavy atom. The van der Waals surface area contributed by atoms with Crippen molar-refractivity contribution in [1.82, 2.24) is 5.32 Å². The molecule has 1 aromatic carbocycles. The number of hydrogen-bond donors (Lipinski definition) is 1. The number of benzene rings is 1. The molecule has 0 saturated carbocycles. The zero-order chi connectivity index (χ0) is 16.3. The average Bonchev–Trinajstić information content (AvgIpc) is 2.33. The van der Waals surface area contributed by atoms with Gasteiger partial charge in [0.15, 0.2) is 0 Å². The maximum atomic E-state index is 12.0. The first-order chi connectivity index (χ1) is 9.53. The average molecular weight is 346 g/mol. The summed E-state index contributed by atoms with van der Waals surface area (Å²) in [5.74, 6) is -1.22. The van der Waals surface area contributed by atoms with Crippen LogP contribution in [0.2, 0.25) is 0 Å². The van der Waals surface area contributed by atoms with E-state index in [0.717, 1.165) is 6.07 Å². The zero-order valence-electron chi connectivity index (χ0n) is 10.7. The number of carbonyl (C=O) groups excluding carboxylic acids is 1. The molecule has 5 nitrogen and oxygen atoms in total. The van der Waals surface area contributed by atoms with Crippen molar-refractivity contribution in [3.05, 3.63) is 23.8 Å². The Bertz CT molecular complexity index is 631. The van der Waals surface area contributed by atoms with Crippen LogP contribution in [0, 0.1) is 0 Å². The number of halogens is 4. The Hall–Kier alpha value is -1.48. The number of nitrogens with one attached hydrogen (secondary N) is 1. The summed E-state index contributed by atoms with van der Waals surface area (Å²) in [6, 6.07) is 3.81. The molecule has 0 unspecified atom stereocenters. The lowest BCUT2D eigenvalue weighted by molar-refractivity contribution is -0.153. The van der Waals surface area contributed by atoms with Crippen LogP contribution in [0.15, 0.2) is 23.1 Å². The van der Waals surface area contributed by atoms with Crippen LogP contribution in [-0.4, -0.2) is 27.6 Å². The first-order valence-corrected chi connectivity index (χ1v) is 7.79. The molecule has 10 heteroatoms. The van der Waals surface area contributed by atoms with E-state index in [9.17, 15) is 26.4 Å². The Kier molecular flexibility index (Phi) is 5.46. The molecule has 118 valence electrons. The predicted molar refractivity (Wildman–Crippen MR) is 68.6 cm³/mol. The third kappa shape index (κ3) is 5.80. The van der Waals surface area contributed by atoms with Crippen LogP contribution in [0.4, 0.5) is 13.2 Å². The van der Waals surface area contributed by atoms with Gasteiger partial charge in [-0.05, 0) is 17.7 Å². The van der Waals surface area contributed by atoms with Crippen molar-refractivity contribution in [3.63, 3.8) is 0 Å². The summed E-state index contributed by atoms with van der Waals surface area (Å²) in [6.07, 6.45) is -6.21. The van der Waals surface area contributed by atoms with Crippen molar-refractivity contribution in [2.45, 2.75) is 24.0 Å². The normalized spacial score (nSPS) is 12.0. The summed E-state index contributed by atoms with van der Waals surface area (Å²) in [6.45, 7) is -0.266. The monoisotopic (exact) mass is 345 g/mol. The maximum Gasteiger partial charge on any atom is 0.397 e. The molecule has 0 aliphatic carbocycles. The Morgan fingerprint density at radius 1 is 1.38 bits per heavy atom. The number of amides is 1. The van der Waals surface area contributed by atoms with Gasteiger partial charge in [0.2, 0.25) is 5.91 Å². The first-order valence-electron chi connectivity index (χ1n) is 5.48. The predicted octanol–water partition coefficient (Wildman–Crippen LogP) is 2.19. The van der Waals surface area contributed by atoms with E-state index in [1.807, 2.05) is 5.32 Å². The van der Waals surface area contributed by atoms with Crippen LogP contribution in [0.3, 0.4) is 0 Å². The number of methoxy groups -OCH3 is 1. The molecule has 1 rings (SSSR count). The van der Waals surface area contributed by atoms with Crippen molar-refractivity contribution in [1.29, 1.82) is 0 Å². The van der Waals surface area contributed by atoms with E-state index in [-0.39, 0.29) is 22.8 Å². The SMILES string of the molecule is COc1ccc(CNC(=O)CC(F)(F)F)cc1S(=O)(=O)Cl. The number of carbonyl (C=O) groups is 1. The minimum Gasteiger partial charge on any atom is -0.495 e. The smallest absolute Gasteiger partial charge is 0.397 e. The lowest BCUT2D eigenvalue weighted by atomic mass is 10.2. The second-order valence-corrected chi connectivity index (χ2v) is 6.53. The molecular weight excluding hydrogens is 335 g/mol. The standard InChI is InChI=1S/C11H11ClF3NO4S/c1-20-8-3-2-7(4-9(8)21(12,18)19)6-16-10(17)5-11(13,14)15/h2-4H,5-6H2,1H3,(H,16,17). The van der Waals surface area contributed by atoms with Crippen LogP contribution < -0.4 is 10.1 Å². The van der Waals surface area contributed by atoms with E-state index >= 15 is 0 Å². The lowest BCUT2D eigenvalue weighted by Crippen LogP contribution is -2.28. The lowest BCUT2D eigenvalue weighted by Gasteiger charge is -2.10. The van der Waals surface area contributed by atoms with Gasteiger partial charge in [-0.1, -0.05) is 6.07 Å². The number of rotatable bonds is 5. The Balaban J connectivity index is 2.85. The molecule has 0 aromatic heterocycles. The van der Waals surface area contributed by atoms with E-state index in [0.29, 0.717) is 0 Å². The molecule has 0 radical (unpaired) electrons. The third-order valence-corrected chi connectivity index (χ3v) is 3.68. The molecule has 1 N–H and O–H groups in total. The van der Waals surface area contributed by atoms with Crippen molar-refractivity contribution < 1.29 is 31.1 Å². The van der Waals surface area contributed by atoms with Crippen LogP contribution in [-0.2, 0) is 20.4 Å². The van der Waals surface area contributed by atoms with Gasteiger partial charge in [0.05, 0.1) is 7.11 Å². The quantitative estimate of drug-likeness (QED) is 0.830. The molecule has 0 atom stereocenters. The van der Waals surface area contributed by atoms with Crippen LogP contribution >= 0.6 is 10.7 Å². The minimum absolute atomic E-state index is 0.00429. The number of ether oxygens (including phenoxy) is 1. The molecule has 0 bridgehead atoms. The van der Waals surface area contributed by atoms with Crippen LogP contribution in [0.5, 0.6) is 5.75 Å². The highest BCUT2D eigenvalue weighted by Gasteiger charge is 2.31. The van der Waals surface area contributed by atoms with Crippen molar-refractivity contribution >= 4 is 25.6 Å². The molecule has 0 heterocycles. The zero-order valence-corrected chi connectivity index (χ0v) is 12.3. The molecule has 21 heavy (non-hydrogen) atoms. The largest absolute Gasteiger partial charge is 0.495 e. The second-order valence-electron chi connectivity index (χ2n) is 3.99. The third-order valence-electron chi connectivity index (χ3n) is 2.34. The highest BCUT2D eigenvalue weighted by atomic mass is 35.7. The van der Waals surface area contributed by atoms with Gasteiger partial charge in [-0.3, -0.25) is 4.79 Å². The molecular formula is C11H11ClF3NO4S. The van der Waals surface area contributed by atoms with Gasteiger partial charge in [0.25, 0.3) is 9.05 Å². The van der Waals surface area contributed by atoms with E-state index in [4.69, 9.17) is 15.4 Å². The van der Waals surface area contributed by atoms with E-state index < -0.39 is 27.6 Å². The summed E-state index contributed by atoms with van der Waals surface area (Å²) in [5.41, 5.74) is 0.269. The first kappa shape index (κ1) is 17.6. The maximum absolute atomic E-state index is 12.0. The van der Waals surface area contributed by atoms with Crippen molar-refractivity contribution in [2.24, 2.45) is 0 Å². The fourth-order valence-corrected chi connectivity index (χ4v) is 2.51. The van der Waals surface area contributed by atoms with E-state index in [1.165, 1.54) is 19.2 Å². The molecule has 1 amide bonds. The van der Waals surface area contributed by atoms with Gasteiger partial charge in [-0.25, -0.2) is 8.42 Å². The summed E-state index contributed by atoms with van der Waals surface area (Å²) in [7, 11) is 2.38. The molecule has 0 spiro atoms. The van der Waals surface area contributed by atoms with Gasteiger partial charge in [-0.15, -0.1) is 0 Å². The Labute approximate surface area is 123 Å². The summed E-state index contributed by atoms with van der Waals surface area (Å²) in [5, 5.41) is 2.03. The van der Waals surface area contributed by atoms with Gasteiger partial charge in [0.1, 0.15) is 17.1 Å². The highest BCUT2D eigenvalue weighted by molar-refractivity contribution is 8.13. The number of hydrogen-bond acceptors (Lipinski definition) is 4. The summed E-state index contributed by atoms with van der Waals surface area (Å²) >= 11 is 0. The highest BCUT2D eigenvalue weighted by Crippen LogP contribution is 2.27. The molecule has 0 fully saturated rings. The fraction of sp³-hybridized carbons (Fsp3) is 0.364. The van der Waals surface area contributed by atoms with Gasteiger partial charge >= 0.3 is 6.18 Å². The second kappa shape index (κ2) is 6.52. The summed E-state index contributed by atoms with van der Waals surface area (Å²) in [4.78, 5) is 10.7. The van der Waals surface area contributed by atoms with E-state index in [2.05, 4.69) is 0 Å². The van der Waals surface area contributed by atoms with Gasteiger partial charge in [0, 0.05) is 17.2 Å². The summed E-state index contributed by atoms with van der Waals surface area (Å²) < 4.78 is 63.4. The van der Waals surface area contributed by atoms with Crippen molar-refractivity contribution in [3.8, 4) is 5.75 Å². The van der Waals surface area contributed by atoms with Gasteiger partial charge < -0.3 is 10.1 Å². The van der Waals surface area contributed by atoms with E-state index in [1.54, 1.807) is 0 Å². The van der Waals surface area contributed by atoms with Crippen LogP contribution in [0.25, 0.3) is 0 Å². The topological polar surface area (TPSA) is 72.5 Å². The van der Waals surface area contributed by atoms with Gasteiger partial charge in [-0.2, -0.15) is 13.2 Å². The van der Waals surface area contributed by atoms with Crippen LogP contribution in [0.1, 0.15) is 12.0 Å². The molecule has 0 aliphatic heterocycles. The fourth-order valence-electron chi connectivity index (χ4n) is 1.47. The molecule has 1 aromatic rings. The number of alkyl halides is 3. The Morgan fingerprint density at radius 2 is 2.00 bits per heavy atom. The molecule has 0 saturated heterocycles. The minimum atomic E-state index is -4.60. The van der Waals surface area contributed by atoms with Crippen molar-refractivity contribution in [2.75, 3.05) is 7.11 Å². The molecule has 0 aliphatic rings.